The number of H-pyrrole nitrogens is 2. The molecule has 1 aromatic heterocycles. The van der Waals surface area contributed by atoms with Crippen molar-refractivity contribution in [3.63, 3.8) is 0 Å². The number of hydrogen-bond donors (Lipinski definition) is 3. The van der Waals surface area contributed by atoms with Crippen LogP contribution >= 0.6 is 0 Å². The predicted octanol–water partition coefficient (Wildman–Crippen LogP) is -0.554. The van der Waals surface area contributed by atoms with Crippen molar-refractivity contribution in [2.45, 2.75) is 6.42 Å². The van der Waals surface area contributed by atoms with Crippen LogP contribution < -0.4 is 16.6 Å². The molecule has 0 unspecified atom stereocenters. The molecule has 3 N–H and O–H groups in total. The van der Waals surface area contributed by atoms with E-state index in [1.165, 1.54) is 0 Å². The van der Waals surface area contributed by atoms with E-state index < -0.39 is 11.2 Å². The highest BCUT2D eigenvalue weighted by Crippen LogP contribution is 1.87. The van der Waals surface area contributed by atoms with Crippen LogP contribution in [0.3, 0.4) is 0 Å². The molecule has 0 spiro atoms. The lowest BCUT2D eigenvalue weighted by Gasteiger charge is -1.99. The first-order valence-corrected chi connectivity index (χ1v) is 3.78. The Kier molecular flexibility index (Phi) is 3.02. The van der Waals surface area contributed by atoms with E-state index in [0.29, 0.717) is 6.54 Å². The van der Waals surface area contributed by atoms with Crippen LogP contribution in [-0.4, -0.2) is 21.7 Å². The topological polar surface area (TPSA) is 90.6 Å². The molecule has 0 saturated heterocycles. The van der Waals surface area contributed by atoms with E-state index in [0.717, 1.165) is 6.42 Å². The van der Waals surface area contributed by atoms with Gasteiger partial charge in [0.05, 0.1) is 0 Å². The molecule has 0 radical (unpaired) electrons. The molecule has 0 atom stereocenters. The van der Waals surface area contributed by atoms with E-state index in [2.05, 4.69) is 22.1 Å². The normalized spacial score (nSPS) is 9.54. The molecule has 0 aromatic carbocycles. The summed E-state index contributed by atoms with van der Waals surface area (Å²) in [6, 6.07) is 0. The van der Waals surface area contributed by atoms with Crippen molar-refractivity contribution < 1.29 is 0 Å². The lowest BCUT2D eigenvalue weighted by Crippen LogP contribution is -2.27. The van der Waals surface area contributed by atoms with Crippen molar-refractivity contribution in [3.8, 4) is 0 Å². The zero-order chi connectivity index (χ0) is 9.68. The van der Waals surface area contributed by atoms with Gasteiger partial charge in [0.2, 0.25) is 5.82 Å². The molecule has 6 nitrogen and oxygen atoms in total. The fourth-order valence-electron chi connectivity index (χ4n) is 0.760. The summed E-state index contributed by atoms with van der Waals surface area (Å²) in [5.41, 5.74) is -1.13. The molecule has 0 bridgehead atoms. The summed E-state index contributed by atoms with van der Waals surface area (Å²) in [6.45, 7) is 4.09. The van der Waals surface area contributed by atoms with Gasteiger partial charge in [0.1, 0.15) is 0 Å². The van der Waals surface area contributed by atoms with E-state index in [1.807, 2.05) is 4.98 Å². The summed E-state index contributed by atoms with van der Waals surface area (Å²) in [7, 11) is 0. The Labute approximate surface area is 73.7 Å². The highest BCUT2D eigenvalue weighted by molar-refractivity contribution is 5.28. The third kappa shape index (κ3) is 2.58. The maximum absolute atomic E-state index is 11.0. The molecule has 1 aromatic rings. The Balaban J connectivity index is 2.72. The summed E-state index contributed by atoms with van der Waals surface area (Å²) in [4.78, 5) is 23.6. The van der Waals surface area contributed by atoms with Crippen LogP contribution in [0.25, 0.3) is 0 Å². The van der Waals surface area contributed by atoms with E-state index in [4.69, 9.17) is 0 Å². The molecule has 70 valence electrons. The number of anilines is 1. The average molecular weight is 182 g/mol. The minimum absolute atomic E-state index is 0.112. The molecule has 0 saturated carbocycles. The number of nitrogens with one attached hydrogen (secondary N) is 3. The van der Waals surface area contributed by atoms with E-state index in [9.17, 15) is 9.59 Å². The van der Waals surface area contributed by atoms with Crippen molar-refractivity contribution in [1.82, 2.24) is 15.2 Å². The molecule has 0 amide bonds. The fourth-order valence-corrected chi connectivity index (χ4v) is 0.760. The van der Waals surface area contributed by atoms with Crippen LogP contribution in [0.1, 0.15) is 6.42 Å². The van der Waals surface area contributed by atoms with Gasteiger partial charge in [-0.25, -0.2) is 9.89 Å². The minimum Gasteiger partial charge on any atom is -0.364 e. The van der Waals surface area contributed by atoms with Gasteiger partial charge in [0, 0.05) is 6.54 Å². The Bertz CT molecular complexity index is 392. The highest BCUT2D eigenvalue weighted by Gasteiger charge is 1.98. The first-order chi connectivity index (χ1) is 6.24. The SMILES string of the molecule is C=CCCNc1n[nH]c(=O)[nH]c1=O. The maximum Gasteiger partial charge on any atom is 0.342 e. The van der Waals surface area contributed by atoms with Crippen LogP contribution in [0.15, 0.2) is 22.2 Å². The lowest BCUT2D eigenvalue weighted by atomic mass is 10.4. The molecule has 1 heterocycles. The molecule has 13 heavy (non-hydrogen) atoms. The third-order valence-corrected chi connectivity index (χ3v) is 1.35. The van der Waals surface area contributed by atoms with Gasteiger partial charge in [-0.05, 0) is 6.42 Å². The second kappa shape index (κ2) is 4.24. The summed E-state index contributed by atoms with van der Waals surface area (Å²) in [5.74, 6) is 0.112. The smallest absolute Gasteiger partial charge is 0.342 e. The standard InChI is InChI=1S/C7H10N4O2/c1-2-3-4-8-5-6(12)9-7(13)11-10-5/h2H,1,3-4H2,(H,8,10)(H2,9,11,12,13). The van der Waals surface area contributed by atoms with Crippen molar-refractivity contribution in [1.29, 1.82) is 0 Å². The van der Waals surface area contributed by atoms with Crippen molar-refractivity contribution in [2.24, 2.45) is 0 Å². The summed E-state index contributed by atoms with van der Waals surface area (Å²) in [6.07, 6.45) is 2.44. The van der Waals surface area contributed by atoms with Gasteiger partial charge in [-0.2, -0.15) is 0 Å². The quantitative estimate of drug-likeness (QED) is 0.430. The van der Waals surface area contributed by atoms with Crippen molar-refractivity contribution in [2.75, 3.05) is 11.9 Å². The van der Waals surface area contributed by atoms with Crippen LogP contribution in [0.2, 0.25) is 0 Å². The second-order valence-corrected chi connectivity index (χ2v) is 2.36. The number of nitrogens with zero attached hydrogens (tertiary/aromatic N) is 1. The van der Waals surface area contributed by atoms with Crippen LogP contribution in [0, 0.1) is 0 Å². The fraction of sp³-hybridized carbons (Fsp3) is 0.286. The number of hydrogen-bond acceptors (Lipinski definition) is 4. The van der Waals surface area contributed by atoms with Gasteiger partial charge in [0.15, 0.2) is 0 Å². The van der Waals surface area contributed by atoms with E-state index in [-0.39, 0.29) is 5.82 Å². The molecule has 1 rings (SSSR count). The monoisotopic (exact) mass is 182 g/mol. The Morgan fingerprint density at radius 3 is 2.92 bits per heavy atom. The van der Waals surface area contributed by atoms with Gasteiger partial charge < -0.3 is 5.32 Å². The molecular weight excluding hydrogens is 172 g/mol. The van der Waals surface area contributed by atoms with Gasteiger partial charge in [-0.3, -0.25) is 9.78 Å². The maximum atomic E-state index is 11.0. The van der Waals surface area contributed by atoms with Crippen molar-refractivity contribution >= 4 is 5.82 Å². The first-order valence-electron chi connectivity index (χ1n) is 3.78. The van der Waals surface area contributed by atoms with Crippen molar-refractivity contribution in [3.05, 3.63) is 33.5 Å². The molecule has 0 aliphatic rings. The van der Waals surface area contributed by atoms with Gasteiger partial charge in [-0.1, -0.05) is 6.08 Å². The molecule has 0 aliphatic carbocycles. The molecular formula is C7H10N4O2. The Morgan fingerprint density at radius 2 is 2.31 bits per heavy atom. The van der Waals surface area contributed by atoms with Gasteiger partial charge in [0.25, 0.3) is 5.56 Å². The van der Waals surface area contributed by atoms with Crippen LogP contribution in [-0.2, 0) is 0 Å². The highest BCUT2D eigenvalue weighted by atomic mass is 16.2. The van der Waals surface area contributed by atoms with E-state index in [1.54, 1.807) is 6.08 Å². The Morgan fingerprint density at radius 1 is 1.54 bits per heavy atom. The number of aromatic nitrogens is 3. The van der Waals surface area contributed by atoms with Gasteiger partial charge in [-0.15, -0.1) is 11.7 Å². The summed E-state index contributed by atoms with van der Waals surface area (Å²) < 4.78 is 0. The lowest BCUT2D eigenvalue weighted by molar-refractivity contribution is 0.880. The Hall–Kier alpha value is -1.85. The largest absolute Gasteiger partial charge is 0.364 e. The van der Waals surface area contributed by atoms with Crippen LogP contribution in [0.5, 0.6) is 0 Å². The average Bonchev–Trinajstić information content (AvgIpc) is 2.09. The molecule has 6 heteroatoms. The zero-order valence-electron chi connectivity index (χ0n) is 6.96. The van der Waals surface area contributed by atoms with Crippen LogP contribution in [0.4, 0.5) is 5.82 Å². The third-order valence-electron chi connectivity index (χ3n) is 1.35. The summed E-state index contributed by atoms with van der Waals surface area (Å²) in [5, 5.41) is 8.39. The minimum atomic E-state index is -0.612. The number of aromatic amines is 2. The van der Waals surface area contributed by atoms with E-state index >= 15 is 0 Å². The second-order valence-electron chi connectivity index (χ2n) is 2.36. The predicted molar refractivity (Wildman–Crippen MR) is 48.8 cm³/mol. The molecule has 0 fully saturated rings. The van der Waals surface area contributed by atoms with Gasteiger partial charge >= 0.3 is 5.69 Å². The number of rotatable bonds is 4. The first kappa shape index (κ1) is 9.24. The zero-order valence-corrected chi connectivity index (χ0v) is 6.96. The summed E-state index contributed by atoms with van der Waals surface area (Å²) >= 11 is 0. The molecule has 0 aliphatic heterocycles.